The lowest BCUT2D eigenvalue weighted by molar-refractivity contribution is -0.149. The van der Waals surface area contributed by atoms with E-state index in [1.165, 1.54) is 19.2 Å². The van der Waals surface area contributed by atoms with Gasteiger partial charge in [0.15, 0.2) is 5.54 Å². The molecule has 0 radical (unpaired) electrons. The van der Waals surface area contributed by atoms with Gasteiger partial charge in [0.2, 0.25) is 0 Å². The van der Waals surface area contributed by atoms with Crippen molar-refractivity contribution in [1.82, 2.24) is 4.57 Å². The molecule has 2 aromatic carbocycles. The summed E-state index contributed by atoms with van der Waals surface area (Å²) < 4.78 is 26.8. The average Bonchev–Trinajstić information content (AvgIpc) is 3.13. The number of halogens is 2. The molecule has 0 aliphatic rings. The van der Waals surface area contributed by atoms with Crippen LogP contribution in [0.25, 0.3) is 10.9 Å². The second-order valence-corrected chi connectivity index (χ2v) is 8.85. The number of nitrogens with one attached hydrogen (secondary N) is 1. The normalized spacial score (nSPS) is 13.5. The van der Waals surface area contributed by atoms with Crippen LogP contribution in [0.5, 0.6) is 0 Å². The summed E-state index contributed by atoms with van der Waals surface area (Å²) in [5.41, 5.74) is -0.686. The summed E-state index contributed by atoms with van der Waals surface area (Å²) in [4.78, 5) is 25.4. The molecule has 0 saturated heterocycles. The SMILES string of the molecule is CCC(C(=O)OC)(c1ccc(Cl)cc1)n1ccc2c(NC(=O)OC(C)(C)C)cc(F)cc21. The zero-order valence-electron chi connectivity index (χ0n) is 18.7. The lowest BCUT2D eigenvalue weighted by atomic mass is 9.86. The molecule has 0 aliphatic heterocycles. The van der Waals surface area contributed by atoms with Gasteiger partial charge in [0.25, 0.3) is 0 Å². The van der Waals surface area contributed by atoms with E-state index in [0.29, 0.717) is 27.9 Å². The molecule has 1 atom stereocenters. The number of anilines is 1. The van der Waals surface area contributed by atoms with E-state index in [1.807, 2.05) is 6.92 Å². The molecule has 170 valence electrons. The van der Waals surface area contributed by atoms with Crippen LogP contribution in [0, 0.1) is 5.82 Å². The van der Waals surface area contributed by atoms with Crippen molar-refractivity contribution in [3.63, 3.8) is 0 Å². The molecule has 1 aromatic heterocycles. The highest BCUT2D eigenvalue weighted by molar-refractivity contribution is 6.30. The molecular formula is C24H26ClFN2O4. The van der Waals surface area contributed by atoms with Gasteiger partial charge in [-0.05, 0) is 63.1 Å². The number of nitrogens with zero attached hydrogens (tertiary/aromatic N) is 1. The Balaban J connectivity index is 2.20. The van der Waals surface area contributed by atoms with E-state index in [-0.39, 0.29) is 5.69 Å². The molecular weight excluding hydrogens is 435 g/mol. The highest BCUT2D eigenvalue weighted by Crippen LogP contribution is 2.38. The quantitative estimate of drug-likeness (QED) is 0.466. The number of methoxy groups -OCH3 is 1. The fourth-order valence-corrected chi connectivity index (χ4v) is 3.95. The van der Waals surface area contributed by atoms with E-state index >= 15 is 0 Å². The number of aromatic nitrogens is 1. The van der Waals surface area contributed by atoms with Crippen LogP contribution >= 0.6 is 11.6 Å². The molecule has 0 fully saturated rings. The number of fused-ring (bicyclic) bond motifs is 1. The van der Waals surface area contributed by atoms with Crippen LogP contribution in [0.4, 0.5) is 14.9 Å². The predicted molar refractivity (Wildman–Crippen MR) is 123 cm³/mol. The molecule has 6 nitrogen and oxygen atoms in total. The summed E-state index contributed by atoms with van der Waals surface area (Å²) in [7, 11) is 1.31. The van der Waals surface area contributed by atoms with Crippen molar-refractivity contribution in [2.45, 2.75) is 45.3 Å². The van der Waals surface area contributed by atoms with Gasteiger partial charge < -0.3 is 14.0 Å². The molecule has 3 rings (SSSR count). The van der Waals surface area contributed by atoms with Crippen LogP contribution in [0.3, 0.4) is 0 Å². The third-order valence-electron chi connectivity index (χ3n) is 5.18. The van der Waals surface area contributed by atoms with Gasteiger partial charge in [-0.25, -0.2) is 14.0 Å². The maximum Gasteiger partial charge on any atom is 0.412 e. The zero-order chi connectivity index (χ0) is 23.7. The molecule has 1 heterocycles. The Morgan fingerprint density at radius 1 is 1.12 bits per heavy atom. The third-order valence-corrected chi connectivity index (χ3v) is 5.43. The van der Waals surface area contributed by atoms with Gasteiger partial charge in [-0.3, -0.25) is 5.32 Å². The zero-order valence-corrected chi connectivity index (χ0v) is 19.4. The number of hydrogen-bond donors (Lipinski definition) is 1. The Bertz CT molecular complexity index is 1150. The van der Waals surface area contributed by atoms with E-state index in [1.54, 1.807) is 61.9 Å². The van der Waals surface area contributed by atoms with Crippen molar-refractivity contribution < 1.29 is 23.5 Å². The highest BCUT2D eigenvalue weighted by Gasteiger charge is 2.42. The van der Waals surface area contributed by atoms with E-state index in [2.05, 4.69) is 5.32 Å². The molecule has 3 aromatic rings. The van der Waals surface area contributed by atoms with Gasteiger partial charge in [-0.1, -0.05) is 30.7 Å². The monoisotopic (exact) mass is 460 g/mol. The van der Waals surface area contributed by atoms with Gasteiger partial charge in [-0.15, -0.1) is 0 Å². The second-order valence-electron chi connectivity index (χ2n) is 8.41. The van der Waals surface area contributed by atoms with Crippen molar-refractivity contribution in [2.75, 3.05) is 12.4 Å². The molecule has 0 aliphatic carbocycles. The second kappa shape index (κ2) is 8.82. The number of rotatable bonds is 5. The fourth-order valence-electron chi connectivity index (χ4n) is 3.83. The number of carbonyl (C=O) groups is 2. The lowest BCUT2D eigenvalue weighted by Gasteiger charge is -2.33. The summed E-state index contributed by atoms with van der Waals surface area (Å²) in [6.07, 6.45) is 1.31. The lowest BCUT2D eigenvalue weighted by Crippen LogP contribution is -2.43. The summed E-state index contributed by atoms with van der Waals surface area (Å²) in [6.45, 7) is 7.06. The minimum Gasteiger partial charge on any atom is -0.467 e. The van der Waals surface area contributed by atoms with E-state index in [4.69, 9.17) is 21.1 Å². The third kappa shape index (κ3) is 4.43. The minimum absolute atomic E-state index is 0.235. The Morgan fingerprint density at radius 2 is 1.78 bits per heavy atom. The van der Waals surface area contributed by atoms with Gasteiger partial charge in [0, 0.05) is 16.6 Å². The first-order chi connectivity index (χ1) is 15.0. The van der Waals surface area contributed by atoms with Crippen molar-refractivity contribution >= 4 is 40.3 Å². The average molecular weight is 461 g/mol. The molecule has 8 heteroatoms. The molecule has 1 amide bonds. The van der Waals surface area contributed by atoms with Crippen molar-refractivity contribution in [3.8, 4) is 0 Å². The maximum atomic E-state index is 14.6. The minimum atomic E-state index is -1.27. The molecule has 0 bridgehead atoms. The Hall–Kier alpha value is -3.06. The standard InChI is InChI=1S/C24H26ClFN2O4/c1-6-24(21(29)31-5,15-7-9-16(25)10-8-15)28-12-11-18-19(13-17(26)14-20(18)28)27-22(30)32-23(2,3)4/h7-14H,6H2,1-5H3,(H,27,30). The molecule has 0 spiro atoms. The number of amides is 1. The van der Waals surface area contributed by atoms with Gasteiger partial charge in [-0.2, -0.15) is 0 Å². The van der Waals surface area contributed by atoms with Crippen LogP contribution in [-0.4, -0.2) is 29.3 Å². The van der Waals surface area contributed by atoms with Gasteiger partial charge in [0.1, 0.15) is 11.4 Å². The highest BCUT2D eigenvalue weighted by atomic mass is 35.5. The fraction of sp³-hybridized carbons (Fsp3) is 0.333. The van der Waals surface area contributed by atoms with Crippen molar-refractivity contribution in [3.05, 3.63) is 65.1 Å². The van der Waals surface area contributed by atoms with E-state index in [0.717, 1.165) is 0 Å². The van der Waals surface area contributed by atoms with E-state index < -0.39 is 29.0 Å². The molecule has 32 heavy (non-hydrogen) atoms. The van der Waals surface area contributed by atoms with Crippen molar-refractivity contribution in [1.29, 1.82) is 0 Å². The van der Waals surface area contributed by atoms with Crippen molar-refractivity contribution in [2.24, 2.45) is 0 Å². The Kier molecular flexibility index (Phi) is 6.51. The number of ether oxygens (including phenoxy) is 2. The number of esters is 1. The molecule has 1 N–H and O–H groups in total. The first-order valence-electron chi connectivity index (χ1n) is 10.2. The molecule has 0 saturated carbocycles. The van der Waals surface area contributed by atoms with E-state index in [9.17, 15) is 14.0 Å². The Labute approximate surface area is 191 Å². The summed E-state index contributed by atoms with van der Waals surface area (Å²) in [5.74, 6) is -1.08. The van der Waals surface area contributed by atoms with Crippen LogP contribution in [-0.2, 0) is 19.8 Å². The topological polar surface area (TPSA) is 69.6 Å². The van der Waals surface area contributed by atoms with Crippen LogP contribution < -0.4 is 5.32 Å². The number of carbonyl (C=O) groups excluding carboxylic acids is 2. The smallest absolute Gasteiger partial charge is 0.412 e. The first-order valence-corrected chi connectivity index (χ1v) is 10.5. The van der Waals surface area contributed by atoms with Gasteiger partial charge in [0.05, 0.1) is 18.3 Å². The van der Waals surface area contributed by atoms with Gasteiger partial charge >= 0.3 is 12.1 Å². The largest absolute Gasteiger partial charge is 0.467 e. The van der Waals surface area contributed by atoms with Crippen LogP contribution in [0.15, 0.2) is 48.7 Å². The number of benzene rings is 2. The summed E-state index contributed by atoms with van der Waals surface area (Å²) >= 11 is 6.05. The van der Waals surface area contributed by atoms with Crippen LogP contribution in [0.2, 0.25) is 5.02 Å². The maximum absolute atomic E-state index is 14.6. The number of hydrogen-bond acceptors (Lipinski definition) is 4. The first kappa shape index (κ1) is 23.6. The summed E-state index contributed by atoms with van der Waals surface area (Å²) in [6, 6.07) is 11.1. The Morgan fingerprint density at radius 3 is 2.34 bits per heavy atom. The molecule has 1 unspecified atom stereocenters. The summed E-state index contributed by atoms with van der Waals surface area (Å²) in [5, 5.41) is 3.68. The predicted octanol–water partition coefficient (Wildman–Crippen LogP) is 6.11. The van der Waals surface area contributed by atoms with Crippen LogP contribution in [0.1, 0.15) is 39.7 Å².